The number of hydrogen-bond acceptors (Lipinski definition) is 3. The molecule has 0 aliphatic heterocycles. The zero-order chi connectivity index (χ0) is 38.4. The predicted molar refractivity (Wildman–Crippen MR) is 190 cm³/mol. The molecule has 0 saturated carbocycles. The molecule has 0 N–H and O–H groups in total. The lowest BCUT2D eigenvalue weighted by atomic mass is 9.81. The van der Waals surface area contributed by atoms with Crippen molar-refractivity contribution in [3.8, 4) is 28.7 Å². The molecule has 0 saturated heterocycles. The van der Waals surface area contributed by atoms with Crippen LogP contribution in [0.3, 0.4) is 0 Å². The minimum Gasteiger partial charge on any atom is -0.278 e. The molecule has 0 unspecified atom stereocenters. The Morgan fingerprint density at radius 3 is 1.87 bits per heavy atom. The van der Waals surface area contributed by atoms with Crippen molar-refractivity contribution < 1.29 is 12.3 Å². The van der Waals surface area contributed by atoms with E-state index in [9.17, 15) is 0 Å². The van der Waals surface area contributed by atoms with E-state index in [2.05, 4.69) is 67.4 Å². The number of benzene rings is 6. The molecule has 10 rings (SSSR count). The van der Waals surface area contributed by atoms with Gasteiger partial charge in [0.15, 0.2) is 11.6 Å². The average Bonchev–Trinajstić information content (AvgIpc) is 3.63. The van der Waals surface area contributed by atoms with Crippen molar-refractivity contribution in [2.24, 2.45) is 0 Å². The maximum Gasteiger partial charge on any atom is 0.238 e. The summed E-state index contributed by atoms with van der Waals surface area (Å²) in [5, 5.41) is 8.48. The van der Waals surface area contributed by atoms with Crippen LogP contribution in [0.4, 0.5) is 0 Å². The summed E-state index contributed by atoms with van der Waals surface area (Å²) in [5.41, 5.74) is 3.14. The van der Waals surface area contributed by atoms with E-state index in [-0.39, 0.29) is 46.2 Å². The van der Waals surface area contributed by atoms with Gasteiger partial charge in [0.1, 0.15) is 0 Å². The Morgan fingerprint density at radius 1 is 0.500 bits per heavy atom. The topological polar surface area (TPSA) is 43.6 Å². The summed E-state index contributed by atoms with van der Waals surface area (Å²) in [6.45, 7) is 4.48. The van der Waals surface area contributed by atoms with Crippen molar-refractivity contribution in [1.82, 2.24) is 19.5 Å². The molecule has 0 fully saturated rings. The van der Waals surface area contributed by atoms with Crippen LogP contribution >= 0.6 is 0 Å². The molecule has 4 heteroatoms. The maximum absolute atomic E-state index is 8.81. The van der Waals surface area contributed by atoms with Gasteiger partial charge in [-0.15, -0.1) is 0 Å². The largest absolute Gasteiger partial charge is 0.278 e. The molecule has 7 aromatic carbocycles. The van der Waals surface area contributed by atoms with Crippen molar-refractivity contribution >= 4 is 54.1 Å². The van der Waals surface area contributed by atoms with Crippen LogP contribution in [0.2, 0.25) is 0 Å². The van der Waals surface area contributed by atoms with Gasteiger partial charge in [0.2, 0.25) is 5.95 Å². The Kier molecular flexibility index (Phi) is 3.59. The molecule has 0 bridgehead atoms. The van der Waals surface area contributed by atoms with Gasteiger partial charge in [-0.25, -0.2) is 4.98 Å². The lowest BCUT2D eigenvalue weighted by molar-refractivity contribution is 0.663. The highest BCUT2D eigenvalue weighted by Gasteiger charge is 2.35. The van der Waals surface area contributed by atoms with E-state index in [4.69, 9.17) is 22.3 Å². The molecular formula is C42H28N4. The molecule has 2 aromatic heterocycles. The summed E-state index contributed by atoms with van der Waals surface area (Å²) in [4.78, 5) is 14.3. The molecular weight excluding hydrogens is 560 g/mol. The van der Waals surface area contributed by atoms with Crippen LogP contribution in [0.1, 0.15) is 37.3 Å². The smallest absolute Gasteiger partial charge is 0.238 e. The molecule has 9 aromatic rings. The number of aromatic nitrogens is 4. The standard InChI is InChI=1S/C42H28N4/c1-42(2)31-21-11-19-29-27-17-9-10-18-28(27)30-20-12-22-33-36(30)38-34(24-23-32(42)37(38)35(29)31)46(33)41-44-39(25-13-5-3-6-14-25)43-40(45-41)26-15-7-4-8-16-26/h3-24H,1-2H3/i3D,4D,5D,6D,7D,13D,14D,15D,16D. The molecule has 0 spiro atoms. The third kappa shape index (κ3) is 3.30. The van der Waals surface area contributed by atoms with Crippen LogP contribution in [0.15, 0.2) is 133 Å². The van der Waals surface area contributed by atoms with Gasteiger partial charge in [-0.3, -0.25) is 4.57 Å². The monoisotopic (exact) mass is 597 g/mol. The van der Waals surface area contributed by atoms with E-state index >= 15 is 0 Å². The van der Waals surface area contributed by atoms with E-state index in [1.54, 1.807) is 0 Å². The number of nitrogens with zero attached hydrogens (tertiary/aromatic N) is 4. The van der Waals surface area contributed by atoms with Gasteiger partial charge >= 0.3 is 0 Å². The van der Waals surface area contributed by atoms with Crippen LogP contribution in [0.25, 0.3) is 82.8 Å². The Labute approximate surface area is 278 Å². The van der Waals surface area contributed by atoms with E-state index in [0.717, 1.165) is 60.2 Å². The summed E-state index contributed by atoms with van der Waals surface area (Å²) in [6, 6.07) is 22.0. The normalized spacial score (nSPS) is 16.3. The van der Waals surface area contributed by atoms with Crippen molar-refractivity contribution in [1.29, 1.82) is 0 Å². The van der Waals surface area contributed by atoms with Crippen molar-refractivity contribution in [3.63, 3.8) is 0 Å². The van der Waals surface area contributed by atoms with Gasteiger partial charge in [-0.2, -0.15) is 9.97 Å². The zero-order valence-corrected chi connectivity index (χ0v) is 24.8. The van der Waals surface area contributed by atoms with Crippen LogP contribution in [-0.2, 0) is 5.41 Å². The van der Waals surface area contributed by atoms with Crippen molar-refractivity contribution in [2.45, 2.75) is 19.3 Å². The summed E-state index contributed by atoms with van der Waals surface area (Å²) in [5.74, 6) is -0.429. The third-order valence-corrected chi connectivity index (χ3v) is 9.45. The van der Waals surface area contributed by atoms with Gasteiger partial charge in [0.05, 0.1) is 23.4 Å². The lowest BCUT2D eigenvalue weighted by Crippen LogP contribution is -2.15. The van der Waals surface area contributed by atoms with Crippen LogP contribution < -0.4 is 0 Å². The van der Waals surface area contributed by atoms with Gasteiger partial charge < -0.3 is 0 Å². The third-order valence-electron chi connectivity index (χ3n) is 9.45. The molecule has 2 heterocycles. The minimum atomic E-state index is -0.572. The first-order valence-electron chi connectivity index (χ1n) is 19.6. The second kappa shape index (κ2) is 9.09. The molecule has 1 aliphatic rings. The molecule has 0 radical (unpaired) electrons. The van der Waals surface area contributed by atoms with E-state index in [1.807, 2.05) is 28.8 Å². The Bertz CT molecular complexity index is 3220. The quantitative estimate of drug-likeness (QED) is 0.203. The first-order chi connectivity index (χ1) is 26.3. The minimum absolute atomic E-state index is 0.0301. The zero-order valence-electron chi connectivity index (χ0n) is 33.8. The molecule has 0 amide bonds. The number of hydrogen-bond donors (Lipinski definition) is 0. The summed E-state index contributed by atoms with van der Waals surface area (Å²) in [7, 11) is 0. The summed E-state index contributed by atoms with van der Waals surface area (Å²) in [6.07, 6.45) is 0. The average molecular weight is 598 g/mol. The van der Waals surface area contributed by atoms with Crippen molar-refractivity contribution in [2.75, 3.05) is 0 Å². The second-order valence-corrected chi connectivity index (χ2v) is 12.2. The van der Waals surface area contributed by atoms with Gasteiger partial charge in [0.25, 0.3) is 0 Å². The van der Waals surface area contributed by atoms with Crippen LogP contribution in [0.5, 0.6) is 0 Å². The Morgan fingerprint density at radius 2 is 1.11 bits per heavy atom. The Balaban J connectivity index is 1.43. The highest BCUT2D eigenvalue weighted by Crippen LogP contribution is 2.53. The number of rotatable bonds is 3. The highest BCUT2D eigenvalue weighted by molar-refractivity contribution is 6.35. The fourth-order valence-electron chi connectivity index (χ4n) is 7.48. The van der Waals surface area contributed by atoms with Gasteiger partial charge in [0, 0.05) is 27.3 Å². The second-order valence-electron chi connectivity index (χ2n) is 12.2. The molecule has 4 nitrogen and oxygen atoms in total. The SMILES string of the molecule is [2H]c1cc([2H])c(-c2nc(-c3c([2H])c([2H])c([2H])c([2H])c3[2H])nc(-n3c4cccc5c6ccccc6c6cccc7c6c6c(ccc3c6c54)C7(C)C)n2)c([2H])c1[2H]. The molecule has 0 atom stereocenters. The Hall–Kier alpha value is -5.87. The fraction of sp³-hybridized carbons (Fsp3) is 0.0714. The van der Waals surface area contributed by atoms with E-state index < -0.39 is 42.3 Å². The van der Waals surface area contributed by atoms with Gasteiger partial charge in [-0.1, -0.05) is 135 Å². The van der Waals surface area contributed by atoms with Gasteiger partial charge in [-0.05, 0) is 55.6 Å². The van der Waals surface area contributed by atoms with E-state index in [0.29, 0.717) is 0 Å². The first kappa shape index (κ1) is 18.2. The van der Waals surface area contributed by atoms with Crippen LogP contribution in [0, 0.1) is 0 Å². The number of fused-ring (bicyclic) bond motifs is 3. The van der Waals surface area contributed by atoms with Crippen molar-refractivity contribution in [3.05, 3.63) is 144 Å². The molecule has 1 aliphatic carbocycles. The predicted octanol–water partition coefficient (Wildman–Crippen LogP) is 10.4. The first-order valence-corrected chi connectivity index (χ1v) is 15.1. The van der Waals surface area contributed by atoms with E-state index in [1.165, 1.54) is 11.1 Å². The molecule has 216 valence electrons. The molecule has 46 heavy (non-hydrogen) atoms. The lowest BCUT2D eigenvalue weighted by Gasteiger charge is -2.22. The fourth-order valence-corrected chi connectivity index (χ4v) is 7.48. The summed E-state index contributed by atoms with van der Waals surface area (Å²) >= 11 is 0. The maximum atomic E-state index is 8.81. The highest BCUT2D eigenvalue weighted by atomic mass is 15.2. The summed E-state index contributed by atoms with van der Waals surface area (Å²) < 4.78 is 78.7. The van der Waals surface area contributed by atoms with Crippen LogP contribution in [-0.4, -0.2) is 19.5 Å².